The van der Waals surface area contributed by atoms with Gasteiger partial charge in [-0.2, -0.15) is 0 Å². The van der Waals surface area contributed by atoms with Gasteiger partial charge in [-0.3, -0.25) is 4.79 Å². The van der Waals surface area contributed by atoms with Crippen LogP contribution in [0.3, 0.4) is 0 Å². The summed E-state index contributed by atoms with van der Waals surface area (Å²) in [7, 11) is 0. The predicted molar refractivity (Wildman–Crippen MR) is 95.3 cm³/mol. The average molecular weight is 425 g/mol. The highest BCUT2D eigenvalue weighted by atomic mass is 16.7. The third-order valence-corrected chi connectivity index (χ3v) is 4.46. The van der Waals surface area contributed by atoms with E-state index in [2.05, 4.69) is 5.32 Å². The van der Waals surface area contributed by atoms with E-state index in [1.54, 1.807) is 13.8 Å². The zero-order valence-corrected chi connectivity index (χ0v) is 16.7. The zero-order valence-electron chi connectivity index (χ0n) is 16.7. The van der Waals surface area contributed by atoms with Crippen LogP contribution in [-0.4, -0.2) is 104 Å². The second kappa shape index (κ2) is 11.1. The molecule has 1 fully saturated rings. The van der Waals surface area contributed by atoms with Crippen molar-refractivity contribution in [3.05, 3.63) is 0 Å². The number of aliphatic hydroxyl groups is 5. The maximum absolute atomic E-state index is 11.7. The van der Waals surface area contributed by atoms with Crippen molar-refractivity contribution in [3.63, 3.8) is 0 Å². The van der Waals surface area contributed by atoms with Gasteiger partial charge >= 0.3 is 5.97 Å². The summed E-state index contributed by atoms with van der Waals surface area (Å²) in [4.78, 5) is 22.9. The molecule has 0 bridgehead atoms. The molecular weight excluding hydrogens is 394 g/mol. The van der Waals surface area contributed by atoms with E-state index in [9.17, 15) is 35.1 Å². The number of carbonyl (C=O) groups excluding carboxylic acids is 1. The summed E-state index contributed by atoms with van der Waals surface area (Å²) in [5.41, 5.74) is 0. The van der Waals surface area contributed by atoms with Gasteiger partial charge in [-0.1, -0.05) is 13.8 Å². The van der Waals surface area contributed by atoms with Gasteiger partial charge in [0.05, 0.1) is 24.9 Å². The second-order valence-corrected chi connectivity index (χ2v) is 7.30. The van der Waals surface area contributed by atoms with Crippen LogP contribution in [0.2, 0.25) is 0 Å². The molecule has 8 atom stereocenters. The van der Waals surface area contributed by atoms with Crippen molar-refractivity contribution in [2.45, 2.75) is 82.9 Å². The smallest absolute Gasteiger partial charge is 0.335 e. The monoisotopic (exact) mass is 425 g/mol. The van der Waals surface area contributed by atoms with E-state index in [-0.39, 0.29) is 5.92 Å². The van der Waals surface area contributed by atoms with Crippen LogP contribution in [0.4, 0.5) is 0 Å². The maximum Gasteiger partial charge on any atom is 0.335 e. The number of amides is 1. The van der Waals surface area contributed by atoms with Gasteiger partial charge in [0.1, 0.15) is 18.3 Å². The summed E-state index contributed by atoms with van der Waals surface area (Å²) < 4.78 is 16.1. The molecule has 0 saturated carbocycles. The van der Waals surface area contributed by atoms with Gasteiger partial charge < -0.3 is 50.2 Å². The minimum absolute atomic E-state index is 0.206. The van der Waals surface area contributed by atoms with E-state index in [1.165, 1.54) is 6.92 Å². The fourth-order valence-electron chi connectivity index (χ4n) is 3.12. The molecule has 0 spiro atoms. The molecule has 7 N–H and O–H groups in total. The normalized spacial score (nSPS) is 30.8. The van der Waals surface area contributed by atoms with Gasteiger partial charge in [-0.15, -0.1) is 0 Å². The fourth-order valence-corrected chi connectivity index (χ4v) is 3.12. The minimum Gasteiger partial charge on any atom is -0.479 e. The first-order chi connectivity index (χ1) is 13.4. The Balaban J connectivity index is 3.21. The summed E-state index contributed by atoms with van der Waals surface area (Å²) in [6.45, 7) is 5.30. The molecule has 0 radical (unpaired) electrons. The van der Waals surface area contributed by atoms with E-state index in [4.69, 9.17) is 19.3 Å². The largest absolute Gasteiger partial charge is 0.479 e. The lowest BCUT2D eigenvalue weighted by atomic mass is 9.87. The van der Waals surface area contributed by atoms with E-state index in [0.29, 0.717) is 0 Å². The lowest BCUT2D eigenvalue weighted by molar-refractivity contribution is -0.318. The Kier molecular flexibility index (Phi) is 9.85. The van der Waals surface area contributed by atoms with Gasteiger partial charge in [0, 0.05) is 6.92 Å². The van der Waals surface area contributed by atoms with Gasteiger partial charge in [-0.05, 0) is 12.8 Å². The number of aliphatic hydroxyl groups excluding tert-OH is 4. The Morgan fingerprint density at radius 3 is 2.14 bits per heavy atom. The standard InChI is InChI=1S/C17H31NO11/c1-6(2)12-10(18-8(4)21)14(11(22)9(5-19)27-12)29-17(16(25)26)28-13(7(3)20)15(23)24/h6-7,9-14,16-17,19-20,22,25-26H,5H2,1-4H3,(H,18,21)(H,23,24). The van der Waals surface area contributed by atoms with Gasteiger partial charge in [0.25, 0.3) is 0 Å². The van der Waals surface area contributed by atoms with E-state index in [1.807, 2.05) is 0 Å². The molecule has 1 rings (SSSR count). The van der Waals surface area contributed by atoms with Crippen LogP contribution in [0.5, 0.6) is 0 Å². The van der Waals surface area contributed by atoms with Crippen LogP contribution in [0.1, 0.15) is 27.7 Å². The Hall–Kier alpha value is -1.38. The number of carboxylic acid groups (broad SMARTS) is 1. The number of aliphatic carboxylic acids is 1. The Morgan fingerprint density at radius 1 is 1.17 bits per heavy atom. The molecule has 0 aromatic carbocycles. The Bertz CT molecular complexity index is 541. The molecule has 170 valence electrons. The predicted octanol–water partition coefficient (Wildman–Crippen LogP) is -2.86. The van der Waals surface area contributed by atoms with Crippen molar-refractivity contribution in [2.24, 2.45) is 5.92 Å². The molecule has 12 nitrogen and oxygen atoms in total. The van der Waals surface area contributed by atoms with E-state index in [0.717, 1.165) is 6.92 Å². The van der Waals surface area contributed by atoms with E-state index >= 15 is 0 Å². The number of carbonyl (C=O) groups is 2. The van der Waals surface area contributed by atoms with Crippen LogP contribution in [0.25, 0.3) is 0 Å². The number of ether oxygens (including phenoxy) is 3. The highest BCUT2D eigenvalue weighted by Gasteiger charge is 2.49. The molecule has 1 aliphatic heterocycles. The van der Waals surface area contributed by atoms with E-state index < -0.39 is 73.7 Å². The maximum atomic E-state index is 11.7. The average Bonchev–Trinajstić information content (AvgIpc) is 2.59. The molecule has 0 aliphatic carbocycles. The summed E-state index contributed by atoms with van der Waals surface area (Å²) in [5.74, 6) is -2.27. The van der Waals surface area contributed by atoms with Crippen molar-refractivity contribution in [3.8, 4) is 0 Å². The van der Waals surface area contributed by atoms with Crippen molar-refractivity contribution >= 4 is 11.9 Å². The minimum atomic E-state index is -2.34. The number of carboxylic acids is 1. The lowest BCUT2D eigenvalue weighted by Crippen LogP contribution is -2.67. The molecule has 1 saturated heterocycles. The van der Waals surface area contributed by atoms with Crippen molar-refractivity contribution in [1.29, 1.82) is 0 Å². The Labute approximate surface area is 168 Å². The molecule has 0 aromatic rings. The van der Waals surface area contributed by atoms with Gasteiger partial charge in [0.15, 0.2) is 6.10 Å². The SMILES string of the molecule is CC(=O)NC1C(C(C)C)OC(CO)C(O)C1OC(OC(C(=O)O)C(C)O)C(O)O. The lowest BCUT2D eigenvalue weighted by Gasteiger charge is -2.47. The van der Waals surface area contributed by atoms with Crippen molar-refractivity contribution < 1.29 is 54.4 Å². The molecule has 0 aromatic heterocycles. The third kappa shape index (κ3) is 6.83. The van der Waals surface area contributed by atoms with Crippen LogP contribution in [-0.2, 0) is 23.8 Å². The van der Waals surface area contributed by atoms with Crippen LogP contribution < -0.4 is 5.32 Å². The summed E-state index contributed by atoms with van der Waals surface area (Å²) in [6.07, 6.45) is -12.4. The molecule has 12 heteroatoms. The second-order valence-electron chi connectivity index (χ2n) is 7.30. The first kappa shape index (κ1) is 25.7. The summed E-state index contributed by atoms with van der Waals surface area (Å²) in [5, 5.41) is 60.5. The zero-order chi connectivity index (χ0) is 22.5. The number of hydrogen-bond donors (Lipinski definition) is 7. The first-order valence-corrected chi connectivity index (χ1v) is 9.20. The van der Waals surface area contributed by atoms with Crippen molar-refractivity contribution in [1.82, 2.24) is 5.32 Å². The molecule has 29 heavy (non-hydrogen) atoms. The first-order valence-electron chi connectivity index (χ1n) is 9.20. The highest BCUT2D eigenvalue weighted by molar-refractivity contribution is 5.73. The third-order valence-electron chi connectivity index (χ3n) is 4.46. The molecule has 1 amide bonds. The molecule has 1 aliphatic rings. The Morgan fingerprint density at radius 2 is 1.76 bits per heavy atom. The van der Waals surface area contributed by atoms with Crippen LogP contribution in [0, 0.1) is 5.92 Å². The highest BCUT2D eigenvalue weighted by Crippen LogP contribution is 2.29. The van der Waals surface area contributed by atoms with Crippen LogP contribution >= 0.6 is 0 Å². The van der Waals surface area contributed by atoms with Gasteiger partial charge in [-0.25, -0.2) is 4.79 Å². The van der Waals surface area contributed by atoms with Gasteiger partial charge in [0.2, 0.25) is 18.5 Å². The number of nitrogens with one attached hydrogen (secondary N) is 1. The summed E-state index contributed by atoms with van der Waals surface area (Å²) >= 11 is 0. The fraction of sp³-hybridized carbons (Fsp3) is 0.882. The topological polar surface area (TPSA) is 195 Å². The molecule has 8 unspecified atom stereocenters. The summed E-state index contributed by atoms with van der Waals surface area (Å²) in [6, 6.07) is -0.982. The quantitative estimate of drug-likeness (QED) is 0.178. The number of hydrogen-bond acceptors (Lipinski definition) is 10. The molecule has 1 heterocycles. The van der Waals surface area contributed by atoms with Crippen molar-refractivity contribution in [2.75, 3.05) is 6.61 Å². The number of rotatable bonds is 10. The molecular formula is C17H31NO11. The van der Waals surface area contributed by atoms with Crippen LogP contribution in [0.15, 0.2) is 0 Å².